The molecule has 2 aliphatic rings. The third-order valence-corrected chi connectivity index (χ3v) is 7.43. The van der Waals surface area contributed by atoms with Gasteiger partial charge in [0.25, 0.3) is 0 Å². The van der Waals surface area contributed by atoms with Crippen LogP contribution < -0.4 is 0 Å². The number of fused-ring (bicyclic) bond motifs is 10. The molecule has 7 rings (SSSR count). The monoisotopic (exact) mass is 406 g/mol. The molecule has 5 aromatic carbocycles. The second-order valence-electron chi connectivity index (χ2n) is 8.93. The van der Waals surface area contributed by atoms with Crippen molar-refractivity contribution in [1.82, 2.24) is 0 Å². The topological polar surface area (TPSA) is 0 Å². The predicted molar refractivity (Wildman–Crippen MR) is 133 cm³/mol. The molecule has 0 aliphatic heterocycles. The number of hydrogen-bond donors (Lipinski definition) is 0. The highest BCUT2D eigenvalue weighted by Gasteiger charge is 2.52. The number of hydrogen-bond acceptors (Lipinski definition) is 0. The summed E-state index contributed by atoms with van der Waals surface area (Å²) in [5.41, 5.74) is 14.8. The second-order valence-corrected chi connectivity index (χ2v) is 8.93. The summed E-state index contributed by atoms with van der Waals surface area (Å²) >= 11 is 0. The molecule has 150 valence electrons. The van der Waals surface area contributed by atoms with Gasteiger partial charge in [0.05, 0.1) is 5.41 Å². The Balaban J connectivity index is 1.71. The van der Waals surface area contributed by atoms with E-state index in [1.165, 1.54) is 61.2 Å². The van der Waals surface area contributed by atoms with Crippen molar-refractivity contribution in [2.24, 2.45) is 0 Å². The lowest BCUT2D eigenvalue weighted by Gasteiger charge is -2.30. The van der Waals surface area contributed by atoms with E-state index < -0.39 is 0 Å². The van der Waals surface area contributed by atoms with Crippen LogP contribution in [-0.2, 0) is 5.41 Å². The first kappa shape index (κ1) is 17.7. The summed E-state index contributed by atoms with van der Waals surface area (Å²) in [6.45, 7) is 2.26. The van der Waals surface area contributed by atoms with Gasteiger partial charge in [0, 0.05) is 0 Å². The van der Waals surface area contributed by atoms with Gasteiger partial charge in [-0.3, -0.25) is 0 Å². The van der Waals surface area contributed by atoms with Gasteiger partial charge in [-0.1, -0.05) is 115 Å². The minimum Gasteiger partial charge on any atom is -0.0622 e. The van der Waals surface area contributed by atoms with E-state index in [0.717, 1.165) is 0 Å². The van der Waals surface area contributed by atoms with Gasteiger partial charge in [-0.15, -0.1) is 0 Å². The van der Waals surface area contributed by atoms with E-state index in [2.05, 4.69) is 122 Å². The van der Waals surface area contributed by atoms with Crippen LogP contribution in [-0.4, -0.2) is 0 Å². The van der Waals surface area contributed by atoms with Gasteiger partial charge in [0.15, 0.2) is 0 Å². The molecule has 0 atom stereocenters. The van der Waals surface area contributed by atoms with E-state index >= 15 is 0 Å². The third kappa shape index (κ3) is 2.03. The molecular formula is C32H22. The first-order chi connectivity index (χ1) is 15.8. The van der Waals surface area contributed by atoms with E-state index in [1.807, 2.05) is 0 Å². The maximum atomic E-state index is 2.36. The average Bonchev–Trinajstić information content (AvgIpc) is 3.33. The summed E-state index contributed by atoms with van der Waals surface area (Å²) in [5, 5.41) is 0. The molecule has 1 spiro atoms. The van der Waals surface area contributed by atoms with Gasteiger partial charge in [-0.2, -0.15) is 0 Å². The van der Waals surface area contributed by atoms with Crippen LogP contribution in [0.1, 0.15) is 27.8 Å². The van der Waals surface area contributed by atoms with Crippen LogP contribution in [0, 0.1) is 6.92 Å². The molecule has 0 heteroatoms. The highest BCUT2D eigenvalue weighted by atomic mass is 14.5. The van der Waals surface area contributed by atoms with Crippen LogP contribution in [0.25, 0.3) is 33.4 Å². The lowest BCUT2D eigenvalue weighted by Crippen LogP contribution is -2.25. The molecule has 0 heterocycles. The van der Waals surface area contributed by atoms with Crippen LogP contribution in [0.5, 0.6) is 0 Å². The molecular weight excluding hydrogens is 384 g/mol. The molecule has 0 saturated heterocycles. The van der Waals surface area contributed by atoms with Crippen LogP contribution in [0.2, 0.25) is 0 Å². The van der Waals surface area contributed by atoms with Crippen molar-refractivity contribution in [1.29, 1.82) is 0 Å². The van der Waals surface area contributed by atoms with Crippen molar-refractivity contribution in [3.05, 3.63) is 143 Å². The molecule has 0 bridgehead atoms. The zero-order valence-electron chi connectivity index (χ0n) is 18.0. The Morgan fingerprint density at radius 3 is 1.59 bits per heavy atom. The van der Waals surface area contributed by atoms with Crippen molar-refractivity contribution < 1.29 is 0 Å². The molecule has 0 N–H and O–H groups in total. The molecule has 0 unspecified atom stereocenters. The molecule has 0 radical (unpaired) electrons. The first-order valence-electron chi connectivity index (χ1n) is 11.3. The fourth-order valence-corrected chi connectivity index (χ4v) is 6.27. The highest BCUT2D eigenvalue weighted by Crippen LogP contribution is 2.64. The average molecular weight is 407 g/mol. The van der Waals surface area contributed by atoms with Gasteiger partial charge >= 0.3 is 0 Å². The van der Waals surface area contributed by atoms with Crippen molar-refractivity contribution >= 4 is 0 Å². The van der Waals surface area contributed by atoms with E-state index in [9.17, 15) is 0 Å². The summed E-state index contributed by atoms with van der Waals surface area (Å²) in [7, 11) is 0. The Kier molecular flexibility index (Phi) is 3.50. The first-order valence-corrected chi connectivity index (χ1v) is 11.3. The van der Waals surface area contributed by atoms with Crippen molar-refractivity contribution in [3.8, 4) is 33.4 Å². The fourth-order valence-electron chi connectivity index (χ4n) is 6.27. The molecule has 0 amide bonds. The fraction of sp³-hybridized carbons (Fsp3) is 0.0625. The Bertz CT molecular complexity index is 1480. The van der Waals surface area contributed by atoms with E-state index in [0.29, 0.717) is 0 Å². The molecule has 2 aliphatic carbocycles. The zero-order valence-corrected chi connectivity index (χ0v) is 18.0. The Labute approximate surface area is 188 Å². The molecule has 0 fully saturated rings. The molecule has 5 aromatic rings. The largest absolute Gasteiger partial charge is 0.0725 e. The minimum absolute atomic E-state index is 0.269. The number of rotatable bonds is 1. The minimum atomic E-state index is -0.269. The van der Waals surface area contributed by atoms with Gasteiger partial charge in [0.1, 0.15) is 0 Å². The van der Waals surface area contributed by atoms with Gasteiger partial charge in [0.2, 0.25) is 0 Å². The maximum Gasteiger partial charge on any atom is 0.0725 e. The number of benzene rings is 5. The molecule has 0 saturated carbocycles. The SMILES string of the molecule is Cc1cccc2c1-c1c(-c3ccccc3)cccc1C21c2ccccc2-c2ccccc21. The third-order valence-electron chi connectivity index (χ3n) is 7.43. The van der Waals surface area contributed by atoms with Crippen molar-refractivity contribution in [3.63, 3.8) is 0 Å². The summed E-state index contributed by atoms with van der Waals surface area (Å²) < 4.78 is 0. The Morgan fingerprint density at radius 1 is 0.406 bits per heavy atom. The lowest BCUT2D eigenvalue weighted by molar-refractivity contribution is 0.793. The summed E-state index contributed by atoms with van der Waals surface area (Å²) in [4.78, 5) is 0. The van der Waals surface area contributed by atoms with Crippen LogP contribution in [0.15, 0.2) is 115 Å². The van der Waals surface area contributed by atoms with Gasteiger partial charge in [-0.25, -0.2) is 0 Å². The molecule has 0 aromatic heterocycles. The van der Waals surface area contributed by atoms with Crippen LogP contribution in [0.3, 0.4) is 0 Å². The summed E-state index contributed by atoms with van der Waals surface area (Å²) in [5.74, 6) is 0. The van der Waals surface area contributed by atoms with Gasteiger partial charge in [-0.05, 0) is 68.1 Å². The van der Waals surface area contributed by atoms with E-state index in [-0.39, 0.29) is 5.41 Å². The zero-order chi connectivity index (χ0) is 21.3. The smallest absolute Gasteiger partial charge is 0.0622 e. The molecule has 32 heavy (non-hydrogen) atoms. The Hall–Kier alpha value is -3.90. The van der Waals surface area contributed by atoms with Crippen molar-refractivity contribution in [2.75, 3.05) is 0 Å². The predicted octanol–water partition coefficient (Wildman–Crippen LogP) is 8.01. The van der Waals surface area contributed by atoms with Crippen LogP contribution >= 0.6 is 0 Å². The second kappa shape index (κ2) is 6.31. The normalized spacial score (nSPS) is 14.0. The maximum absolute atomic E-state index is 2.36. The van der Waals surface area contributed by atoms with Gasteiger partial charge < -0.3 is 0 Å². The molecule has 0 nitrogen and oxygen atoms in total. The number of aryl methyl sites for hydroxylation is 1. The van der Waals surface area contributed by atoms with E-state index in [1.54, 1.807) is 0 Å². The Morgan fingerprint density at radius 2 is 0.906 bits per heavy atom. The van der Waals surface area contributed by atoms with Crippen molar-refractivity contribution in [2.45, 2.75) is 12.3 Å². The van der Waals surface area contributed by atoms with Crippen LogP contribution in [0.4, 0.5) is 0 Å². The lowest BCUT2D eigenvalue weighted by atomic mass is 9.70. The highest BCUT2D eigenvalue weighted by molar-refractivity contribution is 6.00. The standard InChI is InChI=1S/C32H22/c1-21-11-9-19-28-30(21)31-23(22-12-3-2-4-13-22)16-10-20-29(31)32(28)26-17-7-5-14-24(26)25-15-6-8-18-27(25)32/h2-20H,1H3. The van der Waals surface area contributed by atoms with E-state index in [4.69, 9.17) is 0 Å². The quantitative estimate of drug-likeness (QED) is 0.259. The summed E-state index contributed by atoms with van der Waals surface area (Å²) in [6, 6.07) is 42.6. The summed E-state index contributed by atoms with van der Waals surface area (Å²) in [6.07, 6.45) is 0.